The van der Waals surface area contributed by atoms with E-state index < -0.39 is 0 Å². The van der Waals surface area contributed by atoms with E-state index >= 15 is 0 Å². The fourth-order valence-electron chi connectivity index (χ4n) is 5.07. The van der Waals surface area contributed by atoms with Gasteiger partial charge < -0.3 is 0 Å². The van der Waals surface area contributed by atoms with Crippen LogP contribution in [0.1, 0.15) is 33.4 Å². The first-order valence-electron chi connectivity index (χ1n) is 10.7. The zero-order valence-electron chi connectivity index (χ0n) is 18.9. The molecule has 156 valence electrons. The van der Waals surface area contributed by atoms with E-state index in [0.717, 1.165) is 0 Å². The summed E-state index contributed by atoms with van der Waals surface area (Å²) in [6.45, 7) is 13.3. The first kappa shape index (κ1) is 22.6. The van der Waals surface area contributed by atoms with Crippen LogP contribution in [0.5, 0.6) is 0 Å². The highest BCUT2D eigenvalue weighted by Crippen LogP contribution is 2.44. The van der Waals surface area contributed by atoms with Gasteiger partial charge in [0, 0.05) is 0 Å². The van der Waals surface area contributed by atoms with E-state index in [1.807, 2.05) is 0 Å². The minimum atomic E-state index is 0. The van der Waals surface area contributed by atoms with Crippen molar-refractivity contribution in [2.24, 2.45) is 0 Å². The van der Waals surface area contributed by atoms with Crippen molar-refractivity contribution >= 4 is 8.41 Å². The highest BCUT2D eigenvalue weighted by Gasteiger charge is 2.19. The average molecular weight is 404 g/mol. The minimum Gasteiger partial charge on any atom is -0.0622 e. The van der Waals surface area contributed by atoms with Gasteiger partial charge in [0.1, 0.15) is 0 Å². The lowest BCUT2D eigenvalue weighted by molar-refractivity contribution is 1.30. The Morgan fingerprint density at radius 1 is 0.419 bits per heavy atom. The molecule has 0 fully saturated rings. The molecule has 0 aromatic heterocycles. The molecule has 4 aromatic carbocycles. The Labute approximate surface area is 189 Å². The van der Waals surface area contributed by atoms with Crippen LogP contribution in [0.2, 0.25) is 0 Å². The van der Waals surface area contributed by atoms with Crippen molar-refractivity contribution in [3.8, 4) is 33.4 Å². The highest BCUT2D eigenvalue weighted by atomic mass is 14.2. The molecule has 0 radical (unpaired) electrons. The molecule has 0 N–H and O–H groups in total. The van der Waals surface area contributed by atoms with Crippen molar-refractivity contribution in [3.05, 3.63) is 106 Å². The summed E-state index contributed by atoms with van der Waals surface area (Å²) in [5.74, 6) is 0. The van der Waals surface area contributed by atoms with Crippen LogP contribution in [-0.2, 0) is 0 Å². The van der Waals surface area contributed by atoms with Crippen LogP contribution in [0.3, 0.4) is 0 Å². The molecular formula is C30H33B. The Kier molecular flexibility index (Phi) is 6.55. The number of rotatable bonds is 3. The molecule has 1 heteroatoms. The molecule has 0 unspecified atom stereocenters. The first-order chi connectivity index (χ1) is 14.4. The van der Waals surface area contributed by atoms with Crippen LogP contribution in [0.15, 0.2) is 72.8 Å². The summed E-state index contributed by atoms with van der Waals surface area (Å²) >= 11 is 0. The second-order valence-electron chi connectivity index (χ2n) is 8.64. The van der Waals surface area contributed by atoms with Crippen molar-refractivity contribution in [2.75, 3.05) is 0 Å². The average Bonchev–Trinajstić information content (AvgIpc) is 2.68. The van der Waals surface area contributed by atoms with Crippen LogP contribution in [0.4, 0.5) is 0 Å². The van der Waals surface area contributed by atoms with Crippen molar-refractivity contribution in [1.29, 1.82) is 0 Å². The van der Waals surface area contributed by atoms with Crippen molar-refractivity contribution in [2.45, 2.75) is 41.5 Å². The normalized spacial score (nSPS) is 10.6. The number of benzene rings is 4. The zero-order chi connectivity index (χ0) is 21.4. The minimum absolute atomic E-state index is 0. The van der Waals surface area contributed by atoms with Gasteiger partial charge in [-0.05, 0) is 97.2 Å². The number of hydrogen-bond acceptors (Lipinski definition) is 0. The van der Waals surface area contributed by atoms with E-state index in [0.29, 0.717) is 0 Å². The lowest BCUT2D eigenvalue weighted by Crippen LogP contribution is -1.98. The summed E-state index contributed by atoms with van der Waals surface area (Å²) in [6, 6.07) is 26.8. The molecule has 0 nitrogen and oxygen atoms in total. The van der Waals surface area contributed by atoms with Gasteiger partial charge in [-0.15, -0.1) is 0 Å². The molecule has 31 heavy (non-hydrogen) atoms. The zero-order valence-corrected chi connectivity index (χ0v) is 18.9. The lowest BCUT2D eigenvalue weighted by Gasteiger charge is -2.22. The summed E-state index contributed by atoms with van der Waals surface area (Å²) in [6.07, 6.45) is 0. The summed E-state index contributed by atoms with van der Waals surface area (Å²) in [5.41, 5.74) is 15.9. The summed E-state index contributed by atoms with van der Waals surface area (Å²) in [5, 5.41) is 0. The van der Waals surface area contributed by atoms with E-state index in [2.05, 4.69) is 114 Å². The Bertz CT molecular complexity index is 1190. The molecule has 0 saturated carbocycles. The molecule has 0 aliphatic carbocycles. The van der Waals surface area contributed by atoms with E-state index in [1.54, 1.807) is 0 Å². The maximum Gasteiger partial charge on any atom is 0.0814 e. The van der Waals surface area contributed by atoms with Gasteiger partial charge in [-0.1, -0.05) is 83.9 Å². The molecule has 0 bridgehead atoms. The van der Waals surface area contributed by atoms with Gasteiger partial charge >= 0.3 is 0 Å². The quantitative estimate of drug-likeness (QED) is 0.313. The van der Waals surface area contributed by atoms with Gasteiger partial charge in [0.25, 0.3) is 0 Å². The SMILES string of the molecule is B.Cc1cc(C)c(-c2cccc(-c3ccccc3)c2-c2c(C)cc(C)cc2C)c(C)c1. The van der Waals surface area contributed by atoms with Crippen LogP contribution < -0.4 is 0 Å². The Morgan fingerprint density at radius 3 is 1.39 bits per heavy atom. The van der Waals surface area contributed by atoms with Gasteiger partial charge in [0.15, 0.2) is 0 Å². The second kappa shape index (κ2) is 8.98. The molecule has 4 rings (SSSR count). The summed E-state index contributed by atoms with van der Waals surface area (Å²) < 4.78 is 0. The predicted molar refractivity (Wildman–Crippen MR) is 141 cm³/mol. The molecule has 0 amide bonds. The maximum atomic E-state index is 2.31. The third-order valence-electron chi connectivity index (χ3n) is 6.02. The van der Waals surface area contributed by atoms with Crippen molar-refractivity contribution < 1.29 is 0 Å². The first-order valence-corrected chi connectivity index (χ1v) is 10.7. The Hall–Kier alpha value is -3.06. The molecule has 0 aliphatic rings. The molecule has 4 aromatic rings. The molecule has 0 aliphatic heterocycles. The van der Waals surface area contributed by atoms with E-state index in [4.69, 9.17) is 0 Å². The lowest BCUT2D eigenvalue weighted by atomic mass is 9.81. The molecule has 0 heterocycles. The van der Waals surface area contributed by atoms with E-state index in [-0.39, 0.29) is 8.41 Å². The third kappa shape index (κ3) is 4.23. The highest BCUT2D eigenvalue weighted by molar-refractivity contribution is 5.97. The van der Waals surface area contributed by atoms with Crippen LogP contribution in [0.25, 0.3) is 33.4 Å². The standard InChI is InChI=1S/C30H30.BH3/c1-19-15-21(3)28(22(4)16-19)27-14-10-13-26(25-11-8-7-9-12-25)30(27)29-23(5)17-20(2)18-24(29)6;/h7-18H,1-6H3;1H3. The topological polar surface area (TPSA) is 0 Å². The van der Waals surface area contributed by atoms with Crippen LogP contribution in [-0.4, -0.2) is 8.41 Å². The smallest absolute Gasteiger partial charge is 0.0622 e. The molecule has 0 atom stereocenters. The maximum absolute atomic E-state index is 2.31. The number of hydrogen-bond donors (Lipinski definition) is 0. The second-order valence-corrected chi connectivity index (χ2v) is 8.64. The van der Waals surface area contributed by atoms with E-state index in [9.17, 15) is 0 Å². The molecule has 0 saturated heterocycles. The third-order valence-corrected chi connectivity index (χ3v) is 6.02. The van der Waals surface area contributed by atoms with Crippen LogP contribution >= 0.6 is 0 Å². The fraction of sp³-hybridized carbons (Fsp3) is 0.200. The van der Waals surface area contributed by atoms with Gasteiger partial charge in [-0.25, -0.2) is 0 Å². The van der Waals surface area contributed by atoms with Gasteiger partial charge in [-0.3, -0.25) is 0 Å². The van der Waals surface area contributed by atoms with Gasteiger partial charge in [-0.2, -0.15) is 0 Å². The summed E-state index contributed by atoms with van der Waals surface area (Å²) in [7, 11) is 0. The summed E-state index contributed by atoms with van der Waals surface area (Å²) in [4.78, 5) is 0. The number of aryl methyl sites for hydroxylation is 6. The molecular weight excluding hydrogens is 371 g/mol. The van der Waals surface area contributed by atoms with Crippen molar-refractivity contribution in [1.82, 2.24) is 0 Å². The Balaban J connectivity index is 0.00000272. The van der Waals surface area contributed by atoms with Crippen molar-refractivity contribution in [3.63, 3.8) is 0 Å². The fourth-order valence-corrected chi connectivity index (χ4v) is 5.07. The monoisotopic (exact) mass is 404 g/mol. The van der Waals surface area contributed by atoms with E-state index in [1.165, 1.54) is 66.8 Å². The van der Waals surface area contributed by atoms with Gasteiger partial charge in [0.05, 0.1) is 8.41 Å². The van der Waals surface area contributed by atoms with Gasteiger partial charge in [0.2, 0.25) is 0 Å². The largest absolute Gasteiger partial charge is 0.0814 e. The Morgan fingerprint density at radius 2 is 0.871 bits per heavy atom. The van der Waals surface area contributed by atoms with Crippen LogP contribution in [0, 0.1) is 41.5 Å². The predicted octanol–water partition coefficient (Wildman–Crippen LogP) is 7.35. The molecule has 0 spiro atoms.